The van der Waals surface area contributed by atoms with Crippen molar-refractivity contribution in [2.75, 3.05) is 7.11 Å². The Morgan fingerprint density at radius 1 is 1.08 bits per heavy atom. The van der Waals surface area contributed by atoms with E-state index in [-0.39, 0.29) is 11.5 Å². The molecular formula is C30H31Cl2N3O4. The maximum absolute atomic E-state index is 11.3. The monoisotopic (exact) mass is 567 g/mol. The third-order valence-corrected chi connectivity index (χ3v) is 7.11. The molecule has 2 N–H and O–H groups in total. The van der Waals surface area contributed by atoms with Crippen molar-refractivity contribution in [3.05, 3.63) is 104 Å². The molecule has 7 nitrogen and oxygen atoms in total. The Hall–Kier alpha value is -3.52. The quantitative estimate of drug-likeness (QED) is 0.199. The highest BCUT2D eigenvalue weighted by Crippen LogP contribution is 2.32. The highest BCUT2D eigenvalue weighted by atomic mass is 35.5. The Kier molecular flexibility index (Phi) is 9.17. The Morgan fingerprint density at radius 2 is 1.82 bits per heavy atom. The molecule has 39 heavy (non-hydrogen) atoms. The third-order valence-electron chi connectivity index (χ3n) is 6.50. The predicted octanol–water partition coefficient (Wildman–Crippen LogP) is 7.19. The molecule has 1 heterocycles. The number of carbonyl (C=O) groups is 1. The number of rotatable bonds is 11. The van der Waals surface area contributed by atoms with Crippen molar-refractivity contribution in [2.24, 2.45) is 0 Å². The number of aromatic nitrogens is 2. The van der Waals surface area contributed by atoms with Gasteiger partial charge >= 0.3 is 5.97 Å². The summed E-state index contributed by atoms with van der Waals surface area (Å²) in [6.45, 7) is 7.79. The fraction of sp³-hybridized carbons (Fsp3) is 0.267. The first-order chi connectivity index (χ1) is 18.7. The lowest BCUT2D eigenvalue weighted by Gasteiger charge is -2.16. The second-order valence-corrected chi connectivity index (χ2v) is 10.3. The van der Waals surface area contributed by atoms with Gasteiger partial charge in [-0.25, -0.2) is 9.48 Å². The average Bonchev–Trinajstić information content (AvgIpc) is 3.32. The second-order valence-electron chi connectivity index (χ2n) is 9.50. The number of nitrogens with one attached hydrogen (secondary N) is 1. The SMILES string of the molecule is COc1cc(CNCc2ccc(OCc3c(C(C)C)cnn3-c3c(Cl)cccc3Cl)cc2C)ccc1C(=O)O. The van der Waals surface area contributed by atoms with Crippen LogP contribution >= 0.6 is 23.2 Å². The molecular weight excluding hydrogens is 537 g/mol. The van der Waals surface area contributed by atoms with Crippen molar-refractivity contribution < 1.29 is 19.4 Å². The first-order valence-electron chi connectivity index (χ1n) is 12.5. The van der Waals surface area contributed by atoms with Crippen LogP contribution in [0.1, 0.15) is 58.1 Å². The van der Waals surface area contributed by atoms with Crippen molar-refractivity contribution in [1.82, 2.24) is 15.1 Å². The Morgan fingerprint density at radius 3 is 2.46 bits per heavy atom. The summed E-state index contributed by atoms with van der Waals surface area (Å²) in [6, 6.07) is 16.5. The van der Waals surface area contributed by atoms with E-state index in [9.17, 15) is 9.90 Å². The second kappa shape index (κ2) is 12.6. The number of carboxylic acid groups (broad SMARTS) is 1. The van der Waals surface area contributed by atoms with E-state index in [1.54, 1.807) is 35.0 Å². The lowest BCUT2D eigenvalue weighted by molar-refractivity contribution is 0.0693. The van der Waals surface area contributed by atoms with Crippen LogP contribution in [-0.4, -0.2) is 28.0 Å². The minimum Gasteiger partial charge on any atom is -0.496 e. The summed E-state index contributed by atoms with van der Waals surface area (Å²) in [5.41, 5.74) is 5.90. The van der Waals surface area contributed by atoms with Crippen LogP contribution in [0.25, 0.3) is 5.69 Å². The fourth-order valence-corrected chi connectivity index (χ4v) is 4.93. The third kappa shape index (κ3) is 6.56. The standard InChI is InChI=1S/C30H31Cl2N3O4/c1-18(2)24-16-34-35(29-25(31)6-5-7-26(29)32)27(24)17-39-22-10-9-21(19(3)12-22)15-33-14-20-8-11-23(30(36)37)28(13-20)38-4/h5-13,16,18,33H,14-15,17H2,1-4H3,(H,36,37). The van der Waals surface area contributed by atoms with E-state index >= 15 is 0 Å². The molecule has 0 aliphatic carbocycles. The summed E-state index contributed by atoms with van der Waals surface area (Å²) in [6.07, 6.45) is 1.84. The lowest BCUT2D eigenvalue weighted by atomic mass is 10.0. The van der Waals surface area contributed by atoms with Crippen molar-refractivity contribution in [1.29, 1.82) is 0 Å². The van der Waals surface area contributed by atoms with Gasteiger partial charge in [0, 0.05) is 13.1 Å². The van der Waals surface area contributed by atoms with Crippen molar-refractivity contribution in [2.45, 2.75) is 46.4 Å². The zero-order valence-electron chi connectivity index (χ0n) is 22.3. The molecule has 0 radical (unpaired) electrons. The van der Waals surface area contributed by atoms with Gasteiger partial charge in [-0.05, 0) is 71.5 Å². The number of aromatic carboxylic acids is 1. The molecule has 9 heteroatoms. The number of hydrogen-bond acceptors (Lipinski definition) is 5. The number of benzene rings is 3. The number of aryl methyl sites for hydroxylation is 1. The van der Waals surface area contributed by atoms with Gasteiger partial charge in [-0.15, -0.1) is 0 Å². The summed E-state index contributed by atoms with van der Waals surface area (Å²) in [7, 11) is 1.47. The summed E-state index contributed by atoms with van der Waals surface area (Å²) in [5, 5.41) is 18.3. The van der Waals surface area contributed by atoms with E-state index in [2.05, 4.69) is 24.3 Å². The maximum atomic E-state index is 11.3. The van der Waals surface area contributed by atoms with Crippen molar-refractivity contribution in [3.63, 3.8) is 0 Å². The highest BCUT2D eigenvalue weighted by Gasteiger charge is 2.19. The fourth-order valence-electron chi connectivity index (χ4n) is 4.37. The zero-order chi connectivity index (χ0) is 28.1. The van der Waals surface area contributed by atoms with Crippen molar-refractivity contribution >= 4 is 29.2 Å². The van der Waals surface area contributed by atoms with Crippen LogP contribution in [0.2, 0.25) is 10.0 Å². The molecule has 204 valence electrons. The van der Waals surface area contributed by atoms with E-state index in [4.69, 9.17) is 32.7 Å². The van der Waals surface area contributed by atoms with Gasteiger partial charge in [0.2, 0.25) is 0 Å². The van der Waals surface area contributed by atoms with Gasteiger partial charge in [0.05, 0.1) is 29.0 Å². The van der Waals surface area contributed by atoms with Gasteiger partial charge in [-0.1, -0.05) is 55.2 Å². The molecule has 0 saturated heterocycles. The van der Waals surface area contributed by atoms with E-state index in [1.807, 2.05) is 37.4 Å². The largest absolute Gasteiger partial charge is 0.496 e. The molecule has 0 aliphatic heterocycles. The Bertz CT molecular complexity index is 1460. The molecule has 0 spiro atoms. The van der Waals surface area contributed by atoms with E-state index in [1.165, 1.54) is 7.11 Å². The topological polar surface area (TPSA) is 85.6 Å². The zero-order valence-corrected chi connectivity index (χ0v) is 23.8. The van der Waals surface area contributed by atoms with Crippen LogP contribution in [0.3, 0.4) is 0 Å². The first-order valence-corrected chi connectivity index (χ1v) is 13.3. The number of carboxylic acids is 1. The molecule has 0 unspecified atom stereocenters. The predicted molar refractivity (Wildman–Crippen MR) is 154 cm³/mol. The van der Waals surface area contributed by atoms with E-state index < -0.39 is 5.97 Å². The van der Waals surface area contributed by atoms with Gasteiger partial charge < -0.3 is 19.9 Å². The number of methoxy groups -OCH3 is 1. The van der Waals surface area contributed by atoms with Crippen LogP contribution in [0.4, 0.5) is 0 Å². The van der Waals surface area contributed by atoms with E-state index in [0.717, 1.165) is 33.7 Å². The summed E-state index contributed by atoms with van der Waals surface area (Å²) >= 11 is 12.9. The molecule has 4 aromatic rings. The van der Waals surface area contributed by atoms with Gasteiger partial charge in [0.25, 0.3) is 0 Å². The Balaban J connectivity index is 1.44. The molecule has 1 aromatic heterocycles. The highest BCUT2D eigenvalue weighted by molar-refractivity contribution is 6.37. The van der Waals surface area contributed by atoms with Crippen LogP contribution in [-0.2, 0) is 19.7 Å². The number of para-hydroxylation sites is 1. The van der Waals surface area contributed by atoms with Crippen LogP contribution in [0.5, 0.6) is 11.5 Å². The lowest BCUT2D eigenvalue weighted by Crippen LogP contribution is -2.14. The van der Waals surface area contributed by atoms with Crippen LogP contribution < -0.4 is 14.8 Å². The molecule has 0 aliphatic rings. The number of halogens is 2. The Labute approximate surface area is 238 Å². The first kappa shape index (κ1) is 28.5. The number of nitrogens with zero attached hydrogens (tertiary/aromatic N) is 2. The van der Waals surface area contributed by atoms with Gasteiger partial charge in [-0.3, -0.25) is 0 Å². The summed E-state index contributed by atoms with van der Waals surface area (Å²) in [5.74, 6) is 0.326. The number of hydrogen-bond donors (Lipinski definition) is 2. The smallest absolute Gasteiger partial charge is 0.339 e. The molecule has 0 fully saturated rings. The molecule has 0 amide bonds. The summed E-state index contributed by atoms with van der Waals surface area (Å²) in [4.78, 5) is 11.3. The van der Waals surface area contributed by atoms with Gasteiger partial charge in [0.1, 0.15) is 29.4 Å². The number of ether oxygens (including phenoxy) is 2. The molecule has 3 aromatic carbocycles. The average molecular weight is 569 g/mol. The van der Waals surface area contributed by atoms with Crippen LogP contribution in [0.15, 0.2) is 60.8 Å². The van der Waals surface area contributed by atoms with E-state index in [0.29, 0.717) is 41.2 Å². The minimum atomic E-state index is -1.01. The molecule has 0 bridgehead atoms. The minimum absolute atomic E-state index is 0.145. The van der Waals surface area contributed by atoms with Crippen molar-refractivity contribution in [3.8, 4) is 17.2 Å². The normalized spacial score (nSPS) is 11.2. The van der Waals surface area contributed by atoms with Gasteiger partial charge in [0.15, 0.2) is 0 Å². The maximum Gasteiger partial charge on any atom is 0.339 e. The molecule has 0 saturated carbocycles. The molecule has 0 atom stereocenters. The van der Waals surface area contributed by atoms with Gasteiger partial charge in [-0.2, -0.15) is 5.10 Å². The summed E-state index contributed by atoms with van der Waals surface area (Å²) < 4.78 is 13.2. The van der Waals surface area contributed by atoms with Crippen LogP contribution in [0, 0.1) is 6.92 Å². The molecule has 4 rings (SSSR count).